The Labute approximate surface area is 99.9 Å². The molecule has 9 heteroatoms. The molecule has 0 atom stereocenters. The van der Waals surface area contributed by atoms with Crippen molar-refractivity contribution in [3.63, 3.8) is 0 Å². The quantitative estimate of drug-likeness (QED) is 0.767. The van der Waals surface area contributed by atoms with E-state index in [1.807, 2.05) is 0 Å². The minimum Gasteiger partial charge on any atom is -0.364 e. The summed E-state index contributed by atoms with van der Waals surface area (Å²) in [6, 6.07) is 0. The number of likely N-dealkylation sites (tertiary alicyclic amines) is 1. The summed E-state index contributed by atoms with van der Waals surface area (Å²) < 4.78 is 28.0. The van der Waals surface area contributed by atoms with Crippen molar-refractivity contribution in [1.29, 1.82) is 0 Å². The predicted molar refractivity (Wildman–Crippen MR) is 53.9 cm³/mol. The van der Waals surface area contributed by atoms with Crippen LogP contribution in [0.3, 0.4) is 0 Å². The van der Waals surface area contributed by atoms with Gasteiger partial charge >= 0.3 is 6.61 Å². The number of halogens is 2. The van der Waals surface area contributed by atoms with E-state index in [1.54, 1.807) is 0 Å². The number of carbonyl (C=O) groups is 2. The van der Waals surface area contributed by atoms with Gasteiger partial charge in [0.05, 0.1) is 12.4 Å². The van der Waals surface area contributed by atoms with Gasteiger partial charge in [0, 0.05) is 13.1 Å². The van der Waals surface area contributed by atoms with Crippen LogP contribution in [0.5, 0.6) is 0 Å². The van der Waals surface area contributed by atoms with Gasteiger partial charge in [-0.15, -0.1) is 0 Å². The Morgan fingerprint density at radius 3 is 2.78 bits per heavy atom. The first kappa shape index (κ1) is 12.4. The third-order valence-corrected chi connectivity index (χ3v) is 2.52. The van der Waals surface area contributed by atoms with E-state index in [0.29, 0.717) is 0 Å². The van der Waals surface area contributed by atoms with Gasteiger partial charge in [0.2, 0.25) is 0 Å². The number of nitrogens with one attached hydrogen (secondary N) is 1. The van der Waals surface area contributed by atoms with Crippen LogP contribution in [0.4, 0.5) is 8.78 Å². The summed E-state index contributed by atoms with van der Waals surface area (Å²) in [6.07, 6.45) is 0.481. The first-order valence-electron chi connectivity index (χ1n) is 5.05. The lowest BCUT2D eigenvalue weighted by Crippen LogP contribution is -2.55. The highest BCUT2D eigenvalue weighted by Crippen LogP contribution is 2.18. The van der Waals surface area contributed by atoms with Crippen molar-refractivity contribution >= 4 is 11.8 Å². The molecule has 1 aliphatic heterocycles. The lowest BCUT2D eigenvalue weighted by atomic mass is 10.1. The summed E-state index contributed by atoms with van der Waals surface area (Å²) in [6.45, 7) is -2.78. The van der Waals surface area contributed by atoms with Gasteiger partial charge in [-0.3, -0.25) is 9.59 Å². The van der Waals surface area contributed by atoms with Gasteiger partial charge in [-0.2, -0.15) is 8.78 Å². The Kier molecular flexibility index (Phi) is 3.24. The van der Waals surface area contributed by atoms with Crippen molar-refractivity contribution < 1.29 is 23.1 Å². The third kappa shape index (κ3) is 2.30. The molecule has 2 rings (SSSR count). The number of aromatic amines is 1. The van der Waals surface area contributed by atoms with Crippen molar-refractivity contribution in [2.75, 3.05) is 13.1 Å². The van der Waals surface area contributed by atoms with Crippen molar-refractivity contribution in [3.05, 3.63) is 17.7 Å². The normalized spacial score (nSPS) is 15.8. The number of imidazole rings is 1. The number of carbonyl (C=O) groups excluding carboxylic acids is 2. The van der Waals surface area contributed by atoms with Crippen LogP contribution in [0.2, 0.25) is 0 Å². The molecule has 0 spiro atoms. The summed E-state index contributed by atoms with van der Waals surface area (Å²) in [7, 11) is 0. The molecule has 1 saturated heterocycles. The van der Waals surface area contributed by atoms with Gasteiger partial charge in [-0.25, -0.2) is 4.98 Å². The molecule has 98 valence electrons. The lowest BCUT2D eigenvalue weighted by Gasteiger charge is -2.38. The minimum absolute atomic E-state index is 0.0421. The SMILES string of the molecule is NC(=O)c1nc[nH]c1C(=O)N1CC(OC(F)F)C1. The summed E-state index contributed by atoms with van der Waals surface area (Å²) >= 11 is 0. The van der Waals surface area contributed by atoms with Crippen LogP contribution in [0, 0.1) is 0 Å². The fraction of sp³-hybridized carbons (Fsp3) is 0.444. The molecule has 1 fully saturated rings. The van der Waals surface area contributed by atoms with Gasteiger partial charge in [-0.05, 0) is 0 Å². The number of H-pyrrole nitrogens is 1. The zero-order valence-corrected chi connectivity index (χ0v) is 9.10. The second-order valence-electron chi connectivity index (χ2n) is 3.72. The van der Waals surface area contributed by atoms with E-state index < -0.39 is 24.5 Å². The topological polar surface area (TPSA) is 101 Å². The van der Waals surface area contributed by atoms with Crippen LogP contribution in [0.1, 0.15) is 21.0 Å². The second kappa shape index (κ2) is 4.69. The first-order valence-corrected chi connectivity index (χ1v) is 5.05. The number of alkyl halides is 2. The van der Waals surface area contributed by atoms with E-state index in [4.69, 9.17) is 5.73 Å². The minimum atomic E-state index is -2.86. The Morgan fingerprint density at radius 2 is 2.22 bits per heavy atom. The smallest absolute Gasteiger partial charge is 0.345 e. The number of aromatic nitrogens is 2. The van der Waals surface area contributed by atoms with Crippen LogP contribution in [-0.2, 0) is 4.74 Å². The molecule has 0 unspecified atom stereocenters. The molecule has 0 bridgehead atoms. The second-order valence-corrected chi connectivity index (χ2v) is 3.72. The van der Waals surface area contributed by atoms with E-state index in [0.717, 1.165) is 0 Å². The molecule has 1 aromatic rings. The molecular weight excluding hydrogens is 250 g/mol. The van der Waals surface area contributed by atoms with Crippen LogP contribution >= 0.6 is 0 Å². The molecule has 1 aromatic heterocycles. The molecular formula is C9H10F2N4O3. The monoisotopic (exact) mass is 260 g/mol. The Morgan fingerprint density at radius 1 is 1.56 bits per heavy atom. The summed E-state index contributed by atoms with van der Waals surface area (Å²) in [5.41, 5.74) is 4.82. The largest absolute Gasteiger partial charge is 0.364 e. The zero-order valence-electron chi connectivity index (χ0n) is 9.10. The summed E-state index contributed by atoms with van der Waals surface area (Å²) in [5, 5.41) is 0. The van der Waals surface area contributed by atoms with Crippen LogP contribution in [-0.4, -0.2) is 52.5 Å². The van der Waals surface area contributed by atoms with Crippen LogP contribution in [0.15, 0.2) is 6.33 Å². The third-order valence-electron chi connectivity index (χ3n) is 2.52. The fourth-order valence-electron chi connectivity index (χ4n) is 1.64. The molecule has 3 N–H and O–H groups in total. The number of nitrogens with two attached hydrogens (primary N) is 1. The highest BCUT2D eigenvalue weighted by Gasteiger charge is 2.35. The van der Waals surface area contributed by atoms with Gasteiger partial charge in [0.25, 0.3) is 11.8 Å². The van der Waals surface area contributed by atoms with Crippen molar-refractivity contribution in [2.45, 2.75) is 12.7 Å². The van der Waals surface area contributed by atoms with Crippen molar-refractivity contribution in [2.24, 2.45) is 5.73 Å². The fourth-order valence-corrected chi connectivity index (χ4v) is 1.64. The van der Waals surface area contributed by atoms with E-state index in [9.17, 15) is 18.4 Å². The molecule has 0 saturated carbocycles. The number of hydrogen-bond acceptors (Lipinski definition) is 4. The van der Waals surface area contributed by atoms with Crippen molar-refractivity contribution in [3.8, 4) is 0 Å². The molecule has 2 amide bonds. The molecule has 7 nitrogen and oxygen atoms in total. The Balaban J connectivity index is 1.98. The van der Waals surface area contributed by atoms with Gasteiger partial charge < -0.3 is 20.4 Å². The molecule has 1 aliphatic rings. The average Bonchev–Trinajstić information content (AvgIpc) is 2.70. The highest BCUT2D eigenvalue weighted by molar-refractivity contribution is 6.04. The molecule has 2 heterocycles. The maximum atomic E-state index is 11.9. The Bertz CT molecular complexity index is 470. The van der Waals surface area contributed by atoms with Crippen LogP contribution < -0.4 is 5.73 Å². The predicted octanol–water partition coefficient (Wildman–Crippen LogP) is -0.428. The maximum Gasteiger partial charge on any atom is 0.345 e. The van der Waals surface area contributed by atoms with Crippen molar-refractivity contribution in [1.82, 2.24) is 14.9 Å². The number of hydrogen-bond donors (Lipinski definition) is 2. The van der Waals surface area contributed by atoms with E-state index in [-0.39, 0.29) is 24.5 Å². The number of nitrogens with zero attached hydrogens (tertiary/aromatic N) is 2. The number of rotatable bonds is 4. The Hall–Kier alpha value is -2.03. The highest BCUT2D eigenvalue weighted by atomic mass is 19.3. The average molecular weight is 260 g/mol. The number of ether oxygens (including phenoxy) is 1. The number of amides is 2. The summed E-state index contributed by atoms with van der Waals surface area (Å²) in [4.78, 5) is 30.2. The van der Waals surface area contributed by atoms with Gasteiger partial charge in [-0.1, -0.05) is 0 Å². The zero-order chi connectivity index (χ0) is 13.3. The van der Waals surface area contributed by atoms with Gasteiger partial charge in [0.1, 0.15) is 5.69 Å². The van der Waals surface area contributed by atoms with Gasteiger partial charge in [0.15, 0.2) is 5.69 Å². The number of primary amides is 1. The van der Waals surface area contributed by atoms with E-state index in [1.165, 1.54) is 11.2 Å². The first-order chi connectivity index (χ1) is 8.49. The maximum absolute atomic E-state index is 11.9. The van der Waals surface area contributed by atoms with E-state index in [2.05, 4.69) is 14.7 Å². The van der Waals surface area contributed by atoms with E-state index >= 15 is 0 Å². The molecule has 0 aliphatic carbocycles. The summed E-state index contributed by atoms with van der Waals surface area (Å²) in [5.74, 6) is -1.35. The standard InChI is InChI=1S/C9H10F2N4O3/c10-9(11)18-4-1-15(2-4)8(17)6-5(7(12)16)13-3-14-6/h3-4,9H,1-2H2,(H2,12,16)(H,13,14). The molecule has 0 aromatic carbocycles. The molecule has 0 radical (unpaired) electrons. The van der Waals surface area contributed by atoms with Crippen LogP contribution in [0.25, 0.3) is 0 Å². The lowest BCUT2D eigenvalue weighted by molar-refractivity contribution is -0.189. The molecule has 18 heavy (non-hydrogen) atoms.